The fourth-order valence-corrected chi connectivity index (χ4v) is 5.87. The first-order valence-corrected chi connectivity index (χ1v) is 12.7. The highest BCUT2D eigenvalue weighted by atomic mass is 16.6. The SMILES string of the molecule is [B]C(C)(CC(C)(C)C1CCCC(C(C)CC(C)(C)OC(=O)C(C)(C)C)C1)C(=O)C(C)(C)C. The van der Waals surface area contributed by atoms with Gasteiger partial charge in [0.2, 0.25) is 0 Å². The van der Waals surface area contributed by atoms with Gasteiger partial charge in [-0.25, -0.2) is 0 Å². The molecule has 0 bridgehead atoms. The summed E-state index contributed by atoms with van der Waals surface area (Å²) in [7, 11) is 6.60. The van der Waals surface area contributed by atoms with Gasteiger partial charge in [0.15, 0.2) is 0 Å². The number of hydrogen-bond donors (Lipinski definition) is 0. The fraction of sp³-hybridized carbons (Fsp3) is 0.929. The van der Waals surface area contributed by atoms with E-state index in [0.29, 0.717) is 24.2 Å². The molecule has 0 aromatic rings. The van der Waals surface area contributed by atoms with Gasteiger partial charge in [-0.2, -0.15) is 0 Å². The van der Waals surface area contributed by atoms with E-state index < -0.39 is 21.7 Å². The standard InChI is InChI=1S/C28H51BO3/c1-19(17-27(10,11)32-23(31)25(5,6)7)20-14-13-15-21(16-20)26(8,9)18-28(12,29)22(30)24(2,3)4/h19-21H,13-18H2,1-12H3. The summed E-state index contributed by atoms with van der Waals surface area (Å²) in [5, 5.41) is -0.816. The molecule has 4 unspecified atom stereocenters. The Hall–Kier alpha value is -0.795. The van der Waals surface area contributed by atoms with Gasteiger partial charge in [0.25, 0.3) is 0 Å². The van der Waals surface area contributed by atoms with Gasteiger partial charge in [-0.3, -0.25) is 9.59 Å². The van der Waals surface area contributed by atoms with Crippen molar-refractivity contribution in [3.8, 4) is 0 Å². The summed E-state index contributed by atoms with van der Waals surface area (Å²) in [5.41, 5.74) is -1.39. The van der Waals surface area contributed by atoms with Crippen LogP contribution < -0.4 is 0 Å². The largest absolute Gasteiger partial charge is 0.459 e. The van der Waals surface area contributed by atoms with E-state index in [1.165, 1.54) is 19.3 Å². The minimum Gasteiger partial charge on any atom is -0.459 e. The second-order valence-corrected chi connectivity index (χ2v) is 14.4. The van der Waals surface area contributed by atoms with Crippen LogP contribution in [-0.2, 0) is 14.3 Å². The molecule has 3 nitrogen and oxygen atoms in total. The van der Waals surface area contributed by atoms with Gasteiger partial charge in [-0.15, -0.1) is 0 Å². The van der Waals surface area contributed by atoms with Crippen LogP contribution in [0.2, 0.25) is 5.31 Å². The molecule has 0 saturated heterocycles. The van der Waals surface area contributed by atoms with Crippen LogP contribution in [0.1, 0.15) is 122 Å². The Kier molecular flexibility index (Phi) is 8.98. The van der Waals surface area contributed by atoms with Crippen LogP contribution in [-0.4, -0.2) is 25.2 Å². The third-order valence-electron chi connectivity index (χ3n) is 7.44. The monoisotopic (exact) mass is 446 g/mol. The van der Waals surface area contributed by atoms with Crippen LogP contribution in [0.4, 0.5) is 0 Å². The Labute approximate surface area is 200 Å². The molecule has 0 amide bonds. The number of rotatable bonds is 8. The zero-order valence-electron chi connectivity index (χ0n) is 23.3. The first kappa shape index (κ1) is 29.2. The van der Waals surface area contributed by atoms with Gasteiger partial charge < -0.3 is 4.74 Å². The summed E-state index contributed by atoms with van der Waals surface area (Å²) in [6, 6.07) is 0. The van der Waals surface area contributed by atoms with E-state index in [2.05, 4.69) is 20.8 Å². The Bertz CT molecular complexity index is 661. The van der Waals surface area contributed by atoms with Crippen molar-refractivity contribution >= 4 is 19.6 Å². The summed E-state index contributed by atoms with van der Waals surface area (Å²) in [4.78, 5) is 25.4. The van der Waals surface area contributed by atoms with Crippen molar-refractivity contribution in [2.45, 2.75) is 133 Å². The summed E-state index contributed by atoms with van der Waals surface area (Å²) >= 11 is 0. The molecule has 2 radical (unpaired) electrons. The first-order valence-electron chi connectivity index (χ1n) is 12.7. The van der Waals surface area contributed by atoms with E-state index in [0.717, 1.165) is 12.8 Å². The van der Waals surface area contributed by atoms with Crippen molar-refractivity contribution in [3.05, 3.63) is 0 Å². The first-order chi connectivity index (χ1) is 14.1. The molecule has 1 rings (SSSR count). The van der Waals surface area contributed by atoms with Gasteiger partial charge >= 0.3 is 5.97 Å². The molecular formula is C28H51BO3. The number of carbonyl (C=O) groups is 2. The number of ketones is 1. The number of Topliss-reactive ketones (excluding diaryl/α,β-unsaturated/α-hetero) is 1. The van der Waals surface area contributed by atoms with Crippen LogP contribution in [0, 0.1) is 34.0 Å². The van der Waals surface area contributed by atoms with E-state index >= 15 is 0 Å². The number of esters is 1. The zero-order chi connectivity index (χ0) is 25.3. The van der Waals surface area contributed by atoms with Crippen LogP contribution in [0.15, 0.2) is 0 Å². The van der Waals surface area contributed by atoms with Gasteiger partial charge in [-0.05, 0) is 88.8 Å². The fourth-order valence-electron chi connectivity index (χ4n) is 5.87. The minimum absolute atomic E-state index is 0.00296. The lowest BCUT2D eigenvalue weighted by Gasteiger charge is -2.46. The Morgan fingerprint density at radius 2 is 1.44 bits per heavy atom. The third kappa shape index (κ3) is 8.21. The average molecular weight is 447 g/mol. The molecule has 0 heterocycles. The molecule has 1 aliphatic rings. The molecular weight excluding hydrogens is 395 g/mol. The topological polar surface area (TPSA) is 43.4 Å². The molecule has 1 aliphatic carbocycles. The molecule has 4 heteroatoms. The smallest absolute Gasteiger partial charge is 0.311 e. The molecule has 0 aliphatic heterocycles. The number of carbonyl (C=O) groups excluding carboxylic acids is 2. The lowest BCUT2D eigenvalue weighted by molar-refractivity contribution is -0.168. The van der Waals surface area contributed by atoms with Crippen molar-refractivity contribution in [2.24, 2.45) is 34.0 Å². The highest BCUT2D eigenvalue weighted by molar-refractivity contribution is 6.29. The molecule has 0 aromatic carbocycles. The number of ether oxygens (including phenoxy) is 1. The minimum atomic E-state index is -0.816. The lowest BCUT2D eigenvalue weighted by Crippen LogP contribution is -2.40. The molecule has 4 atom stereocenters. The second kappa shape index (κ2) is 9.83. The summed E-state index contributed by atoms with van der Waals surface area (Å²) in [6.45, 7) is 24.5. The van der Waals surface area contributed by atoms with E-state index in [1.54, 1.807) is 0 Å². The average Bonchev–Trinajstić information content (AvgIpc) is 2.57. The summed E-state index contributed by atoms with van der Waals surface area (Å²) < 4.78 is 5.89. The molecule has 1 fully saturated rings. The van der Waals surface area contributed by atoms with Crippen LogP contribution >= 0.6 is 0 Å². The molecule has 184 valence electrons. The van der Waals surface area contributed by atoms with Gasteiger partial charge in [0, 0.05) is 5.41 Å². The molecule has 1 saturated carbocycles. The maximum absolute atomic E-state index is 13.0. The third-order valence-corrected chi connectivity index (χ3v) is 7.44. The Morgan fingerprint density at radius 3 is 1.91 bits per heavy atom. The Balaban J connectivity index is 2.85. The quantitative estimate of drug-likeness (QED) is 0.285. The van der Waals surface area contributed by atoms with Crippen molar-refractivity contribution in [2.75, 3.05) is 0 Å². The molecule has 0 N–H and O–H groups in total. The summed E-state index contributed by atoms with van der Waals surface area (Å²) in [6.07, 6.45) is 6.34. The predicted octanol–water partition coefficient (Wildman–Crippen LogP) is 7.57. The molecule has 0 spiro atoms. The van der Waals surface area contributed by atoms with Gasteiger partial charge in [-0.1, -0.05) is 61.3 Å². The van der Waals surface area contributed by atoms with Crippen molar-refractivity contribution in [3.63, 3.8) is 0 Å². The van der Waals surface area contributed by atoms with Gasteiger partial charge in [0.1, 0.15) is 11.4 Å². The predicted molar refractivity (Wildman–Crippen MR) is 136 cm³/mol. The van der Waals surface area contributed by atoms with Gasteiger partial charge in [0.05, 0.1) is 13.3 Å². The summed E-state index contributed by atoms with van der Waals surface area (Å²) in [5.74, 6) is 1.61. The van der Waals surface area contributed by atoms with Crippen molar-refractivity contribution in [1.29, 1.82) is 0 Å². The van der Waals surface area contributed by atoms with Crippen LogP contribution in [0.3, 0.4) is 0 Å². The van der Waals surface area contributed by atoms with Crippen LogP contribution in [0.5, 0.6) is 0 Å². The Morgan fingerprint density at radius 1 is 0.906 bits per heavy atom. The molecule has 0 aromatic heterocycles. The second-order valence-electron chi connectivity index (χ2n) is 14.4. The zero-order valence-corrected chi connectivity index (χ0v) is 23.3. The maximum atomic E-state index is 13.0. The normalized spacial score (nSPS) is 23.9. The number of hydrogen-bond acceptors (Lipinski definition) is 3. The lowest BCUT2D eigenvalue weighted by atomic mass is 9.52. The maximum Gasteiger partial charge on any atom is 0.311 e. The highest BCUT2D eigenvalue weighted by Crippen LogP contribution is 2.51. The van der Waals surface area contributed by atoms with E-state index in [-0.39, 0.29) is 17.2 Å². The van der Waals surface area contributed by atoms with E-state index in [4.69, 9.17) is 12.6 Å². The van der Waals surface area contributed by atoms with Crippen LogP contribution in [0.25, 0.3) is 0 Å². The van der Waals surface area contributed by atoms with E-state index in [1.807, 2.05) is 62.3 Å². The van der Waals surface area contributed by atoms with Crippen molar-refractivity contribution < 1.29 is 14.3 Å². The highest BCUT2D eigenvalue weighted by Gasteiger charge is 2.44. The van der Waals surface area contributed by atoms with E-state index in [9.17, 15) is 9.59 Å². The molecule has 32 heavy (non-hydrogen) atoms. The van der Waals surface area contributed by atoms with Crippen molar-refractivity contribution in [1.82, 2.24) is 0 Å².